The maximum atomic E-state index is 3.69. The molecule has 1 saturated carbocycles. The van der Waals surface area contributed by atoms with E-state index in [1.54, 1.807) is 0 Å². The average molecular weight is 268 g/mol. The summed E-state index contributed by atoms with van der Waals surface area (Å²) >= 11 is 0. The molecular formula is C17H36N2. The van der Waals surface area contributed by atoms with Crippen molar-refractivity contribution >= 4 is 0 Å². The Bertz CT molecular complexity index is 197. The SMILES string of the molecule is CCCCCC(C)NCCN(C)C1CCCCCC1. The van der Waals surface area contributed by atoms with Gasteiger partial charge in [0.15, 0.2) is 0 Å². The third-order valence-corrected chi connectivity index (χ3v) is 4.65. The van der Waals surface area contributed by atoms with Gasteiger partial charge in [0.2, 0.25) is 0 Å². The van der Waals surface area contributed by atoms with Gasteiger partial charge in [0.25, 0.3) is 0 Å². The van der Waals surface area contributed by atoms with Gasteiger partial charge in [-0.05, 0) is 33.2 Å². The number of rotatable bonds is 9. The number of nitrogens with one attached hydrogen (secondary N) is 1. The Morgan fingerprint density at radius 3 is 2.42 bits per heavy atom. The minimum absolute atomic E-state index is 0.689. The molecule has 114 valence electrons. The molecule has 0 radical (unpaired) electrons. The molecule has 0 aliphatic heterocycles. The second-order valence-corrected chi connectivity index (χ2v) is 6.48. The van der Waals surface area contributed by atoms with E-state index in [4.69, 9.17) is 0 Å². The predicted molar refractivity (Wildman–Crippen MR) is 85.7 cm³/mol. The van der Waals surface area contributed by atoms with Crippen molar-refractivity contribution < 1.29 is 0 Å². The summed E-state index contributed by atoms with van der Waals surface area (Å²) in [5.41, 5.74) is 0. The summed E-state index contributed by atoms with van der Waals surface area (Å²) in [7, 11) is 2.32. The van der Waals surface area contributed by atoms with Crippen LogP contribution in [0.2, 0.25) is 0 Å². The van der Waals surface area contributed by atoms with Crippen molar-refractivity contribution in [1.82, 2.24) is 10.2 Å². The van der Waals surface area contributed by atoms with E-state index in [0.29, 0.717) is 6.04 Å². The molecule has 1 N–H and O–H groups in total. The van der Waals surface area contributed by atoms with Gasteiger partial charge in [-0.25, -0.2) is 0 Å². The number of hydrogen-bond acceptors (Lipinski definition) is 2. The van der Waals surface area contributed by atoms with Crippen LogP contribution in [0.25, 0.3) is 0 Å². The summed E-state index contributed by atoms with van der Waals surface area (Å²) in [6.07, 6.45) is 14.1. The van der Waals surface area contributed by atoms with E-state index in [1.807, 2.05) is 0 Å². The Hall–Kier alpha value is -0.0800. The van der Waals surface area contributed by atoms with E-state index < -0.39 is 0 Å². The lowest BCUT2D eigenvalue weighted by Crippen LogP contribution is -2.39. The number of hydrogen-bond donors (Lipinski definition) is 1. The Balaban J connectivity index is 2.06. The number of unbranched alkanes of at least 4 members (excludes halogenated alkanes) is 2. The van der Waals surface area contributed by atoms with Crippen LogP contribution in [0.3, 0.4) is 0 Å². The first-order valence-electron chi connectivity index (χ1n) is 8.67. The van der Waals surface area contributed by atoms with Crippen LogP contribution in [0.1, 0.15) is 78.1 Å². The van der Waals surface area contributed by atoms with Gasteiger partial charge in [0, 0.05) is 25.2 Å². The van der Waals surface area contributed by atoms with Crippen molar-refractivity contribution in [3.63, 3.8) is 0 Å². The Kier molecular flexibility index (Phi) is 9.54. The lowest BCUT2D eigenvalue weighted by atomic mass is 10.1. The first kappa shape index (κ1) is 17.0. The van der Waals surface area contributed by atoms with Gasteiger partial charge in [0.05, 0.1) is 0 Å². The molecule has 1 rings (SSSR count). The van der Waals surface area contributed by atoms with Crippen molar-refractivity contribution in [1.29, 1.82) is 0 Å². The highest BCUT2D eigenvalue weighted by Crippen LogP contribution is 2.20. The molecule has 0 bridgehead atoms. The standard InChI is InChI=1S/C17H36N2/c1-4-5-8-11-16(2)18-14-15-19(3)17-12-9-6-7-10-13-17/h16-18H,4-15H2,1-3H3. The van der Waals surface area contributed by atoms with Gasteiger partial charge < -0.3 is 10.2 Å². The van der Waals surface area contributed by atoms with Crippen molar-refractivity contribution in [2.24, 2.45) is 0 Å². The second kappa shape index (κ2) is 10.7. The maximum Gasteiger partial charge on any atom is 0.0107 e. The van der Waals surface area contributed by atoms with Gasteiger partial charge in [-0.1, -0.05) is 51.9 Å². The molecule has 0 amide bonds. The smallest absolute Gasteiger partial charge is 0.0107 e. The third kappa shape index (κ3) is 7.94. The summed E-state index contributed by atoms with van der Waals surface area (Å²) in [5.74, 6) is 0. The molecule has 0 aromatic carbocycles. The molecule has 0 aromatic heterocycles. The van der Waals surface area contributed by atoms with Crippen LogP contribution in [0, 0.1) is 0 Å². The van der Waals surface area contributed by atoms with E-state index in [9.17, 15) is 0 Å². The highest BCUT2D eigenvalue weighted by Gasteiger charge is 2.16. The van der Waals surface area contributed by atoms with E-state index in [1.165, 1.54) is 70.8 Å². The molecule has 1 aliphatic rings. The van der Waals surface area contributed by atoms with E-state index >= 15 is 0 Å². The van der Waals surface area contributed by atoms with Crippen molar-refractivity contribution in [3.05, 3.63) is 0 Å². The Labute approximate surface area is 121 Å². The first-order chi connectivity index (χ1) is 9.24. The van der Waals surface area contributed by atoms with Crippen LogP contribution in [-0.4, -0.2) is 37.1 Å². The highest BCUT2D eigenvalue weighted by molar-refractivity contribution is 4.73. The van der Waals surface area contributed by atoms with Crippen LogP contribution < -0.4 is 5.32 Å². The fourth-order valence-corrected chi connectivity index (χ4v) is 3.17. The molecule has 0 aromatic rings. The van der Waals surface area contributed by atoms with Gasteiger partial charge in [0.1, 0.15) is 0 Å². The lowest BCUT2D eigenvalue weighted by Gasteiger charge is -2.27. The lowest BCUT2D eigenvalue weighted by molar-refractivity contribution is 0.218. The zero-order valence-corrected chi connectivity index (χ0v) is 13.6. The van der Waals surface area contributed by atoms with Crippen LogP contribution in [0.5, 0.6) is 0 Å². The molecule has 1 unspecified atom stereocenters. The Morgan fingerprint density at radius 2 is 1.79 bits per heavy atom. The fraction of sp³-hybridized carbons (Fsp3) is 1.00. The largest absolute Gasteiger partial charge is 0.313 e. The minimum atomic E-state index is 0.689. The molecule has 2 nitrogen and oxygen atoms in total. The van der Waals surface area contributed by atoms with E-state index in [-0.39, 0.29) is 0 Å². The third-order valence-electron chi connectivity index (χ3n) is 4.65. The molecular weight excluding hydrogens is 232 g/mol. The molecule has 0 heterocycles. The minimum Gasteiger partial charge on any atom is -0.313 e. The normalized spacial score (nSPS) is 19.6. The van der Waals surface area contributed by atoms with Gasteiger partial charge in [-0.15, -0.1) is 0 Å². The topological polar surface area (TPSA) is 15.3 Å². The number of likely N-dealkylation sites (N-methyl/N-ethyl adjacent to an activating group) is 1. The van der Waals surface area contributed by atoms with Gasteiger partial charge in [-0.3, -0.25) is 0 Å². The molecule has 1 fully saturated rings. The van der Waals surface area contributed by atoms with Crippen LogP contribution in [0.4, 0.5) is 0 Å². The van der Waals surface area contributed by atoms with Crippen LogP contribution in [0.15, 0.2) is 0 Å². The predicted octanol–water partition coefficient (Wildman–Crippen LogP) is 4.20. The summed E-state index contributed by atoms with van der Waals surface area (Å²) in [6, 6.07) is 1.54. The molecule has 19 heavy (non-hydrogen) atoms. The summed E-state index contributed by atoms with van der Waals surface area (Å²) in [5, 5.41) is 3.69. The maximum absolute atomic E-state index is 3.69. The molecule has 0 spiro atoms. The average Bonchev–Trinajstić information content (AvgIpc) is 2.68. The molecule has 1 atom stereocenters. The summed E-state index contributed by atoms with van der Waals surface area (Å²) in [4.78, 5) is 2.59. The Morgan fingerprint density at radius 1 is 1.11 bits per heavy atom. The van der Waals surface area contributed by atoms with E-state index in [0.717, 1.165) is 12.6 Å². The zero-order valence-electron chi connectivity index (χ0n) is 13.6. The highest BCUT2D eigenvalue weighted by atomic mass is 15.1. The van der Waals surface area contributed by atoms with Crippen molar-refractivity contribution in [3.8, 4) is 0 Å². The molecule has 2 heteroatoms. The van der Waals surface area contributed by atoms with E-state index in [2.05, 4.69) is 31.1 Å². The van der Waals surface area contributed by atoms with Crippen molar-refractivity contribution in [2.45, 2.75) is 90.1 Å². The molecule has 0 saturated heterocycles. The van der Waals surface area contributed by atoms with Gasteiger partial charge in [-0.2, -0.15) is 0 Å². The summed E-state index contributed by atoms with van der Waals surface area (Å²) in [6.45, 7) is 6.98. The number of nitrogens with zero attached hydrogens (tertiary/aromatic N) is 1. The second-order valence-electron chi connectivity index (χ2n) is 6.48. The fourth-order valence-electron chi connectivity index (χ4n) is 3.17. The summed E-state index contributed by atoms with van der Waals surface area (Å²) < 4.78 is 0. The van der Waals surface area contributed by atoms with Crippen molar-refractivity contribution in [2.75, 3.05) is 20.1 Å². The first-order valence-corrected chi connectivity index (χ1v) is 8.67. The van der Waals surface area contributed by atoms with Crippen LogP contribution in [-0.2, 0) is 0 Å². The molecule has 1 aliphatic carbocycles. The van der Waals surface area contributed by atoms with Crippen LogP contribution >= 0.6 is 0 Å². The van der Waals surface area contributed by atoms with Gasteiger partial charge >= 0.3 is 0 Å². The zero-order chi connectivity index (χ0) is 13.9. The quantitative estimate of drug-likeness (QED) is 0.498. The monoisotopic (exact) mass is 268 g/mol.